The summed E-state index contributed by atoms with van der Waals surface area (Å²) in [4.78, 5) is 23.7. The molecule has 1 saturated heterocycles. The third kappa shape index (κ3) is 3.81. The number of aromatic nitrogens is 3. The van der Waals surface area contributed by atoms with Gasteiger partial charge in [0.2, 0.25) is 11.7 Å². The maximum absolute atomic E-state index is 14.9. The average molecular weight is 519 g/mol. The van der Waals surface area contributed by atoms with E-state index in [9.17, 15) is 18.7 Å². The standard InChI is InChI=1S/C24H25ClF2N6O3/c1-32-17-5-4-13(29-21-16(25)9-28-23(31-21)33-7-6-14(33)10-34)8-15(17)18-19(22(32)35)36-11-24(26,27)20(30-18)12-2-3-12/h4-5,8-9,12,14,20,30,34H,2-3,6-7,10-11H2,1H3,(H,28,29,31)/t14-,20+/m1/s1. The highest BCUT2D eigenvalue weighted by atomic mass is 35.5. The van der Waals surface area contributed by atoms with E-state index in [0.717, 1.165) is 13.0 Å². The number of hydrogen-bond acceptors (Lipinski definition) is 8. The number of ether oxygens (including phenoxy) is 1. The lowest BCUT2D eigenvalue weighted by molar-refractivity contribution is -0.0579. The van der Waals surface area contributed by atoms with E-state index in [1.807, 2.05) is 4.90 Å². The highest BCUT2D eigenvalue weighted by Gasteiger charge is 2.51. The van der Waals surface area contributed by atoms with Gasteiger partial charge in [-0.25, -0.2) is 13.8 Å². The van der Waals surface area contributed by atoms with Crippen molar-refractivity contribution in [1.29, 1.82) is 0 Å². The molecule has 4 heterocycles. The van der Waals surface area contributed by atoms with Crippen LogP contribution in [0.15, 0.2) is 29.2 Å². The van der Waals surface area contributed by atoms with Gasteiger partial charge in [0, 0.05) is 24.7 Å². The molecule has 0 radical (unpaired) electrons. The third-order valence-corrected chi connectivity index (χ3v) is 7.49. The summed E-state index contributed by atoms with van der Waals surface area (Å²) in [5, 5.41) is 16.5. The molecule has 2 fully saturated rings. The molecule has 2 atom stereocenters. The Labute approximate surface area is 210 Å². The Bertz CT molecular complexity index is 1410. The molecule has 6 rings (SSSR count). The Morgan fingerprint density at radius 1 is 1.33 bits per heavy atom. The van der Waals surface area contributed by atoms with E-state index in [4.69, 9.17) is 16.3 Å². The Balaban J connectivity index is 1.40. The molecule has 3 N–H and O–H groups in total. The van der Waals surface area contributed by atoms with Crippen molar-refractivity contribution in [3.63, 3.8) is 0 Å². The van der Waals surface area contributed by atoms with Crippen molar-refractivity contribution < 1.29 is 18.6 Å². The predicted molar refractivity (Wildman–Crippen MR) is 133 cm³/mol. The van der Waals surface area contributed by atoms with E-state index in [0.29, 0.717) is 46.2 Å². The number of anilines is 4. The fourth-order valence-electron chi connectivity index (χ4n) is 4.90. The second-order valence-electron chi connectivity index (χ2n) is 9.62. The first-order valence-electron chi connectivity index (χ1n) is 11.9. The zero-order valence-corrected chi connectivity index (χ0v) is 20.2. The highest BCUT2D eigenvalue weighted by Crippen LogP contribution is 2.45. The maximum Gasteiger partial charge on any atom is 0.301 e. The van der Waals surface area contributed by atoms with Crippen LogP contribution in [0, 0.1) is 5.92 Å². The Morgan fingerprint density at radius 3 is 2.83 bits per heavy atom. The van der Waals surface area contributed by atoms with Crippen molar-refractivity contribution in [2.45, 2.75) is 37.3 Å². The number of aliphatic hydroxyl groups excluding tert-OH is 1. The Hall–Kier alpha value is -3.18. The molecule has 0 unspecified atom stereocenters. The smallest absolute Gasteiger partial charge is 0.301 e. The largest absolute Gasteiger partial charge is 0.480 e. The summed E-state index contributed by atoms with van der Waals surface area (Å²) in [7, 11) is 1.58. The summed E-state index contributed by atoms with van der Waals surface area (Å²) in [5.41, 5.74) is 0.958. The minimum Gasteiger partial charge on any atom is -0.480 e. The summed E-state index contributed by atoms with van der Waals surface area (Å²) >= 11 is 6.36. The van der Waals surface area contributed by atoms with Gasteiger partial charge in [0.05, 0.1) is 36.1 Å². The van der Waals surface area contributed by atoms with Crippen molar-refractivity contribution in [3.05, 3.63) is 39.8 Å². The molecule has 2 aliphatic heterocycles. The lowest BCUT2D eigenvalue weighted by Gasteiger charge is -2.39. The molecule has 1 aliphatic carbocycles. The van der Waals surface area contributed by atoms with E-state index >= 15 is 0 Å². The number of fused-ring (bicyclic) bond motifs is 3. The summed E-state index contributed by atoms with van der Waals surface area (Å²) in [6.07, 6.45) is 3.77. The van der Waals surface area contributed by atoms with E-state index < -0.39 is 24.1 Å². The number of nitrogens with zero attached hydrogens (tertiary/aromatic N) is 4. The van der Waals surface area contributed by atoms with Gasteiger partial charge in [0.15, 0.2) is 12.4 Å². The van der Waals surface area contributed by atoms with Crippen LogP contribution in [-0.4, -0.2) is 57.4 Å². The topological polar surface area (TPSA) is 105 Å². The van der Waals surface area contributed by atoms with Crippen LogP contribution in [0.1, 0.15) is 19.3 Å². The number of rotatable bonds is 5. The number of alkyl halides is 2. The molecular weight excluding hydrogens is 494 g/mol. The first-order valence-corrected chi connectivity index (χ1v) is 12.3. The first kappa shape index (κ1) is 23.2. The monoisotopic (exact) mass is 518 g/mol. The second kappa shape index (κ2) is 8.45. The molecule has 1 aromatic carbocycles. The lowest BCUT2D eigenvalue weighted by Crippen LogP contribution is -2.50. The average Bonchev–Trinajstić information content (AvgIpc) is 3.67. The number of nitrogens with one attached hydrogen (secondary N) is 2. The molecule has 12 heteroatoms. The summed E-state index contributed by atoms with van der Waals surface area (Å²) < 4.78 is 36.5. The van der Waals surface area contributed by atoms with Crippen molar-refractivity contribution in [2.24, 2.45) is 13.0 Å². The van der Waals surface area contributed by atoms with Crippen molar-refractivity contribution in [1.82, 2.24) is 14.5 Å². The zero-order chi connectivity index (χ0) is 25.2. The van der Waals surface area contributed by atoms with Crippen LogP contribution in [0.25, 0.3) is 10.9 Å². The highest BCUT2D eigenvalue weighted by molar-refractivity contribution is 6.33. The van der Waals surface area contributed by atoms with Gasteiger partial charge in [-0.1, -0.05) is 11.6 Å². The molecule has 9 nitrogen and oxygen atoms in total. The number of aryl methyl sites for hydroxylation is 1. The molecule has 1 saturated carbocycles. The van der Waals surface area contributed by atoms with Crippen LogP contribution >= 0.6 is 11.6 Å². The van der Waals surface area contributed by atoms with E-state index in [1.54, 1.807) is 25.2 Å². The number of hydrogen-bond donors (Lipinski definition) is 3. The van der Waals surface area contributed by atoms with Gasteiger partial charge < -0.3 is 29.9 Å². The summed E-state index contributed by atoms with van der Waals surface area (Å²) in [6.45, 7) is -0.0996. The molecular formula is C24H25ClF2N6O3. The third-order valence-electron chi connectivity index (χ3n) is 7.22. The van der Waals surface area contributed by atoms with Gasteiger partial charge in [-0.15, -0.1) is 0 Å². The fourth-order valence-corrected chi connectivity index (χ4v) is 5.04. The van der Waals surface area contributed by atoms with Gasteiger partial charge in [0.25, 0.3) is 5.56 Å². The number of halogens is 3. The summed E-state index contributed by atoms with van der Waals surface area (Å²) in [5.74, 6) is -2.57. The first-order chi connectivity index (χ1) is 17.3. The van der Waals surface area contributed by atoms with Gasteiger partial charge >= 0.3 is 5.92 Å². The van der Waals surface area contributed by atoms with Crippen molar-refractivity contribution >= 4 is 45.6 Å². The van der Waals surface area contributed by atoms with E-state index in [1.165, 1.54) is 10.8 Å². The second-order valence-corrected chi connectivity index (χ2v) is 10.0. The molecule has 0 bridgehead atoms. The summed E-state index contributed by atoms with van der Waals surface area (Å²) in [6, 6.07) is 4.12. The molecule has 3 aromatic rings. The lowest BCUT2D eigenvalue weighted by atomic mass is 10.0. The van der Waals surface area contributed by atoms with Gasteiger partial charge in [-0.2, -0.15) is 4.98 Å². The normalized spacial score (nSPS) is 22.8. The van der Waals surface area contributed by atoms with Crippen molar-refractivity contribution in [2.75, 3.05) is 35.3 Å². The molecule has 36 heavy (non-hydrogen) atoms. The number of aliphatic hydroxyl groups is 1. The molecule has 0 spiro atoms. The van der Waals surface area contributed by atoms with Crippen LogP contribution in [0.2, 0.25) is 5.02 Å². The Morgan fingerprint density at radius 2 is 2.14 bits per heavy atom. The molecule has 190 valence electrons. The maximum atomic E-state index is 14.9. The fraction of sp³-hybridized carbons (Fsp3) is 0.458. The van der Waals surface area contributed by atoms with Crippen LogP contribution in [0.3, 0.4) is 0 Å². The number of pyridine rings is 1. The zero-order valence-electron chi connectivity index (χ0n) is 19.5. The molecule has 3 aliphatic rings. The van der Waals surface area contributed by atoms with Crippen molar-refractivity contribution in [3.8, 4) is 5.75 Å². The van der Waals surface area contributed by atoms with Gasteiger partial charge in [-0.05, 0) is 43.4 Å². The predicted octanol–water partition coefficient (Wildman–Crippen LogP) is 3.51. The number of benzene rings is 1. The van der Waals surface area contributed by atoms with Crippen LogP contribution < -0.4 is 25.8 Å². The quantitative estimate of drug-likeness (QED) is 0.471. The molecule has 2 aromatic heterocycles. The van der Waals surface area contributed by atoms with Gasteiger partial charge in [0.1, 0.15) is 5.02 Å². The molecule has 0 amide bonds. The minimum absolute atomic E-state index is 0.0131. The van der Waals surface area contributed by atoms with Crippen LogP contribution in [0.5, 0.6) is 5.75 Å². The van der Waals surface area contributed by atoms with E-state index in [2.05, 4.69) is 20.6 Å². The Kier molecular flexibility index (Phi) is 5.45. The van der Waals surface area contributed by atoms with Crippen LogP contribution in [-0.2, 0) is 7.05 Å². The van der Waals surface area contributed by atoms with E-state index in [-0.39, 0.29) is 30.0 Å². The van der Waals surface area contributed by atoms with Crippen LogP contribution in [0.4, 0.5) is 31.9 Å². The van der Waals surface area contributed by atoms with Gasteiger partial charge in [-0.3, -0.25) is 4.79 Å². The minimum atomic E-state index is -3.11. The SMILES string of the molecule is Cn1c(=O)c2c(c3cc(Nc4nc(N5CC[C@@H]5CO)ncc4Cl)ccc31)N[C@@H](C1CC1)C(F)(F)CO2.